The van der Waals surface area contributed by atoms with E-state index < -0.39 is 0 Å². The summed E-state index contributed by atoms with van der Waals surface area (Å²) in [5.74, 6) is 0.461. The van der Waals surface area contributed by atoms with Gasteiger partial charge in [0, 0.05) is 0 Å². The third kappa shape index (κ3) is 6.12. The Bertz CT molecular complexity index is 712. The third-order valence-corrected chi connectivity index (χ3v) is 3.53. The van der Waals surface area contributed by atoms with E-state index in [2.05, 4.69) is 16.5 Å². The van der Waals surface area contributed by atoms with Crippen LogP contribution in [0.5, 0.6) is 5.75 Å². The van der Waals surface area contributed by atoms with Crippen LogP contribution in [0.15, 0.2) is 49.3 Å². The molecule has 4 nitrogen and oxygen atoms in total. The number of hydrogen-bond acceptors (Lipinski definition) is 4. The average molecular weight is 342 g/mol. The molecule has 1 unspecified atom stereocenters. The maximum absolute atomic E-state index is 14.3. The molecule has 1 heterocycles. The van der Waals surface area contributed by atoms with Crippen LogP contribution >= 0.6 is 0 Å². The number of aromatic nitrogens is 2. The van der Waals surface area contributed by atoms with E-state index in [9.17, 15) is 9.50 Å². The Hall–Kier alpha value is -2.53. The van der Waals surface area contributed by atoms with Crippen LogP contribution in [0.2, 0.25) is 0 Å². The summed E-state index contributed by atoms with van der Waals surface area (Å²) >= 11 is 0. The molecule has 0 saturated heterocycles. The zero-order chi connectivity index (χ0) is 18.1. The molecule has 1 aromatic carbocycles. The second-order valence-corrected chi connectivity index (χ2v) is 5.76. The highest BCUT2D eigenvalue weighted by molar-refractivity contribution is 5.60. The zero-order valence-electron chi connectivity index (χ0n) is 14.4. The SMILES string of the molecule is C=CCOc1cnc(-c2ccc(C=CCCCC(C)O)cc2F)nc1. The lowest BCUT2D eigenvalue weighted by Gasteiger charge is -2.05. The van der Waals surface area contributed by atoms with Gasteiger partial charge in [0.1, 0.15) is 12.4 Å². The Labute approximate surface area is 147 Å². The first-order valence-electron chi connectivity index (χ1n) is 8.30. The lowest BCUT2D eigenvalue weighted by molar-refractivity contribution is 0.182. The quantitative estimate of drug-likeness (QED) is 0.542. The molecule has 0 fully saturated rings. The summed E-state index contributed by atoms with van der Waals surface area (Å²) in [6.45, 7) is 5.71. The molecule has 2 aromatic rings. The molecule has 0 amide bonds. The maximum Gasteiger partial charge on any atom is 0.162 e. The van der Waals surface area contributed by atoms with Crippen molar-refractivity contribution in [3.63, 3.8) is 0 Å². The van der Waals surface area contributed by atoms with Gasteiger partial charge in [-0.3, -0.25) is 0 Å². The van der Waals surface area contributed by atoms with Gasteiger partial charge in [0.05, 0.1) is 24.1 Å². The number of rotatable bonds is 9. The number of allylic oxidation sites excluding steroid dienone is 1. The van der Waals surface area contributed by atoms with Crippen LogP contribution in [0.25, 0.3) is 17.5 Å². The van der Waals surface area contributed by atoms with Crippen LogP contribution in [0, 0.1) is 5.82 Å². The largest absolute Gasteiger partial charge is 0.486 e. The number of aliphatic hydroxyl groups excluding tert-OH is 1. The number of hydrogen-bond donors (Lipinski definition) is 1. The molecular formula is C20H23FN2O2. The summed E-state index contributed by atoms with van der Waals surface area (Å²) in [5, 5.41) is 9.21. The van der Waals surface area contributed by atoms with Crippen molar-refractivity contribution in [3.05, 3.63) is 60.7 Å². The molecule has 0 aliphatic carbocycles. The van der Waals surface area contributed by atoms with E-state index in [1.54, 1.807) is 19.1 Å². The predicted molar refractivity (Wildman–Crippen MR) is 97.7 cm³/mol. The molecule has 132 valence electrons. The van der Waals surface area contributed by atoms with Gasteiger partial charge in [-0.2, -0.15) is 0 Å². The summed E-state index contributed by atoms with van der Waals surface area (Å²) in [7, 11) is 0. The van der Waals surface area contributed by atoms with Gasteiger partial charge < -0.3 is 9.84 Å². The standard InChI is InChI=1S/C20H23FN2O2/c1-3-11-25-17-13-22-20(23-14-17)18-10-9-16(12-19(18)21)8-6-4-5-7-15(2)24/h3,6,8-10,12-15,24H,1,4-5,7,11H2,2H3. The molecule has 5 heteroatoms. The summed E-state index contributed by atoms with van der Waals surface area (Å²) in [6, 6.07) is 4.96. The molecule has 1 N–H and O–H groups in total. The zero-order valence-corrected chi connectivity index (χ0v) is 14.4. The van der Waals surface area contributed by atoms with Crippen molar-refractivity contribution < 1.29 is 14.2 Å². The molecule has 0 bridgehead atoms. The monoisotopic (exact) mass is 342 g/mol. The fourth-order valence-electron chi connectivity index (χ4n) is 2.25. The van der Waals surface area contributed by atoms with Crippen LogP contribution in [0.3, 0.4) is 0 Å². The summed E-state index contributed by atoms with van der Waals surface area (Å²) < 4.78 is 19.6. The average Bonchev–Trinajstić information content (AvgIpc) is 2.60. The molecule has 2 rings (SSSR count). The molecule has 0 saturated carbocycles. The van der Waals surface area contributed by atoms with Crippen molar-refractivity contribution in [2.45, 2.75) is 32.3 Å². The number of unbranched alkanes of at least 4 members (excludes halogenated alkanes) is 1. The summed E-state index contributed by atoms with van der Waals surface area (Å²) in [5.41, 5.74) is 1.13. The minimum Gasteiger partial charge on any atom is -0.486 e. The van der Waals surface area contributed by atoms with E-state index in [0.29, 0.717) is 23.7 Å². The van der Waals surface area contributed by atoms with Gasteiger partial charge >= 0.3 is 0 Å². The molecular weight excluding hydrogens is 319 g/mol. The Balaban J connectivity index is 2.01. The third-order valence-electron chi connectivity index (χ3n) is 3.53. The Kier molecular flexibility index (Phi) is 7.29. The minimum absolute atomic E-state index is 0.279. The predicted octanol–water partition coefficient (Wildman–Crippen LogP) is 4.41. The number of halogens is 1. The number of ether oxygens (including phenoxy) is 1. The lowest BCUT2D eigenvalue weighted by Crippen LogP contribution is -1.97. The maximum atomic E-state index is 14.3. The fraction of sp³-hybridized carbons (Fsp3) is 0.300. The van der Waals surface area contributed by atoms with Gasteiger partial charge in [0.25, 0.3) is 0 Å². The van der Waals surface area contributed by atoms with Crippen LogP contribution in [-0.4, -0.2) is 27.8 Å². The van der Waals surface area contributed by atoms with Gasteiger partial charge in [-0.05, 0) is 43.9 Å². The smallest absolute Gasteiger partial charge is 0.162 e. The van der Waals surface area contributed by atoms with Crippen LogP contribution in [0.4, 0.5) is 4.39 Å². The second kappa shape index (κ2) is 9.69. The van der Waals surface area contributed by atoms with E-state index >= 15 is 0 Å². The van der Waals surface area contributed by atoms with E-state index in [1.165, 1.54) is 18.5 Å². The molecule has 0 radical (unpaired) electrons. The summed E-state index contributed by atoms with van der Waals surface area (Å²) in [4.78, 5) is 8.29. The highest BCUT2D eigenvalue weighted by atomic mass is 19.1. The lowest BCUT2D eigenvalue weighted by atomic mass is 10.1. The number of nitrogens with zero attached hydrogens (tertiary/aromatic N) is 2. The second-order valence-electron chi connectivity index (χ2n) is 5.76. The molecule has 1 atom stereocenters. The summed E-state index contributed by atoms with van der Waals surface area (Å²) in [6.07, 6.45) is 10.8. The Morgan fingerprint density at radius 2 is 2.08 bits per heavy atom. The van der Waals surface area contributed by atoms with Crippen molar-refractivity contribution in [3.8, 4) is 17.1 Å². The van der Waals surface area contributed by atoms with Crippen LogP contribution < -0.4 is 4.74 Å². The van der Waals surface area contributed by atoms with Crippen molar-refractivity contribution in [2.75, 3.05) is 6.61 Å². The van der Waals surface area contributed by atoms with Crippen molar-refractivity contribution in [1.29, 1.82) is 0 Å². The van der Waals surface area contributed by atoms with Crippen LogP contribution in [-0.2, 0) is 0 Å². The topological polar surface area (TPSA) is 55.2 Å². The van der Waals surface area contributed by atoms with Gasteiger partial charge in [-0.25, -0.2) is 14.4 Å². The minimum atomic E-state index is -0.370. The first-order chi connectivity index (χ1) is 12.1. The Morgan fingerprint density at radius 1 is 1.32 bits per heavy atom. The van der Waals surface area contributed by atoms with Crippen LogP contribution in [0.1, 0.15) is 31.7 Å². The molecule has 0 aliphatic rings. The van der Waals surface area contributed by atoms with Gasteiger partial charge in [0.15, 0.2) is 11.6 Å². The van der Waals surface area contributed by atoms with E-state index in [4.69, 9.17) is 4.74 Å². The first-order valence-corrected chi connectivity index (χ1v) is 8.30. The van der Waals surface area contributed by atoms with E-state index in [-0.39, 0.29) is 11.9 Å². The molecule has 0 aliphatic heterocycles. The molecule has 25 heavy (non-hydrogen) atoms. The first kappa shape index (κ1) is 18.8. The molecule has 0 spiro atoms. The number of benzene rings is 1. The number of aliphatic hydroxyl groups is 1. The van der Waals surface area contributed by atoms with E-state index in [1.807, 2.05) is 18.2 Å². The highest BCUT2D eigenvalue weighted by Crippen LogP contribution is 2.22. The van der Waals surface area contributed by atoms with Crippen molar-refractivity contribution >= 4 is 6.08 Å². The highest BCUT2D eigenvalue weighted by Gasteiger charge is 2.08. The van der Waals surface area contributed by atoms with Gasteiger partial charge in [-0.1, -0.05) is 30.9 Å². The van der Waals surface area contributed by atoms with Crippen molar-refractivity contribution in [1.82, 2.24) is 9.97 Å². The van der Waals surface area contributed by atoms with Gasteiger partial charge in [-0.15, -0.1) is 0 Å². The fourth-order valence-corrected chi connectivity index (χ4v) is 2.25. The molecule has 1 aromatic heterocycles. The normalized spacial score (nSPS) is 12.3. The van der Waals surface area contributed by atoms with Gasteiger partial charge in [0.2, 0.25) is 0 Å². The Morgan fingerprint density at radius 3 is 2.72 bits per heavy atom. The van der Waals surface area contributed by atoms with E-state index in [0.717, 1.165) is 24.8 Å². The van der Waals surface area contributed by atoms with Crippen molar-refractivity contribution in [2.24, 2.45) is 0 Å².